The third kappa shape index (κ3) is 3.85. The molecular formula is C18H22N4O4S. The number of amides is 1. The van der Waals surface area contributed by atoms with E-state index >= 15 is 0 Å². The Kier molecular flexibility index (Phi) is 4.67. The minimum Gasteiger partial charge on any atom is -0.467 e. The van der Waals surface area contributed by atoms with Gasteiger partial charge < -0.3 is 15.1 Å². The molecule has 2 aliphatic rings. The van der Waals surface area contributed by atoms with Crippen LogP contribution in [0.5, 0.6) is 0 Å². The van der Waals surface area contributed by atoms with Gasteiger partial charge in [0, 0.05) is 13.1 Å². The van der Waals surface area contributed by atoms with Crippen LogP contribution in [0.4, 0.5) is 5.69 Å². The molecule has 3 heterocycles. The van der Waals surface area contributed by atoms with Crippen LogP contribution in [-0.2, 0) is 21.4 Å². The molecule has 0 bridgehead atoms. The van der Waals surface area contributed by atoms with Gasteiger partial charge in [-0.05, 0) is 37.1 Å². The van der Waals surface area contributed by atoms with E-state index in [0.29, 0.717) is 43.9 Å². The molecule has 1 amide bonds. The zero-order valence-corrected chi connectivity index (χ0v) is 15.6. The molecule has 0 aliphatic carbocycles. The third-order valence-electron chi connectivity index (χ3n) is 5.00. The van der Waals surface area contributed by atoms with Gasteiger partial charge >= 0.3 is 0 Å². The normalized spacial score (nSPS) is 20.6. The highest BCUT2D eigenvalue weighted by atomic mass is 32.2. The largest absolute Gasteiger partial charge is 0.467 e. The number of rotatable bonds is 4. The van der Waals surface area contributed by atoms with Gasteiger partial charge in [0.05, 0.1) is 25.0 Å². The Balaban J connectivity index is 1.34. The van der Waals surface area contributed by atoms with Crippen LogP contribution in [0.2, 0.25) is 0 Å². The zero-order valence-electron chi connectivity index (χ0n) is 14.8. The van der Waals surface area contributed by atoms with Crippen molar-refractivity contribution >= 4 is 21.6 Å². The van der Waals surface area contributed by atoms with E-state index in [4.69, 9.17) is 4.42 Å². The van der Waals surface area contributed by atoms with Crippen molar-refractivity contribution in [3.8, 4) is 0 Å². The number of carbonyl (C=O) groups is 1. The number of hydrogen-bond acceptors (Lipinski definition) is 6. The molecule has 0 radical (unpaired) electrons. The summed E-state index contributed by atoms with van der Waals surface area (Å²) < 4.78 is 33.1. The molecule has 1 fully saturated rings. The van der Waals surface area contributed by atoms with Crippen LogP contribution in [-0.4, -0.2) is 44.5 Å². The molecule has 1 aromatic heterocycles. The smallest absolute Gasteiger partial charge is 0.244 e. The molecule has 0 saturated carbocycles. The average molecular weight is 390 g/mol. The minimum absolute atomic E-state index is 0.0788. The fourth-order valence-corrected chi connectivity index (χ4v) is 5.12. The van der Waals surface area contributed by atoms with Crippen molar-refractivity contribution in [1.82, 2.24) is 14.9 Å². The lowest BCUT2D eigenvalue weighted by molar-refractivity contribution is -0.122. The van der Waals surface area contributed by atoms with Crippen molar-refractivity contribution in [1.29, 1.82) is 0 Å². The van der Waals surface area contributed by atoms with Gasteiger partial charge in [-0.2, -0.15) is 4.72 Å². The van der Waals surface area contributed by atoms with Gasteiger partial charge in [-0.25, -0.2) is 8.42 Å². The summed E-state index contributed by atoms with van der Waals surface area (Å²) in [4.78, 5) is 14.4. The van der Waals surface area contributed by atoms with E-state index < -0.39 is 15.7 Å². The van der Waals surface area contributed by atoms with Gasteiger partial charge in [-0.3, -0.25) is 9.69 Å². The number of nitrogens with zero attached hydrogens (tertiary/aromatic N) is 1. The Bertz CT molecular complexity index is 919. The Labute approximate surface area is 158 Å². The third-order valence-corrected chi connectivity index (χ3v) is 6.59. The van der Waals surface area contributed by atoms with Gasteiger partial charge in [0.25, 0.3) is 0 Å². The maximum Gasteiger partial charge on any atom is 0.244 e. The highest BCUT2D eigenvalue weighted by Crippen LogP contribution is 2.34. The first-order chi connectivity index (χ1) is 13.0. The summed E-state index contributed by atoms with van der Waals surface area (Å²) >= 11 is 0. The first-order valence-corrected chi connectivity index (χ1v) is 10.4. The van der Waals surface area contributed by atoms with Gasteiger partial charge in [0.15, 0.2) is 0 Å². The molecule has 8 nitrogen and oxygen atoms in total. The highest BCUT2D eigenvalue weighted by Gasteiger charge is 2.43. The molecule has 0 atom stereocenters. The Morgan fingerprint density at radius 2 is 1.96 bits per heavy atom. The Hall–Kier alpha value is -2.36. The van der Waals surface area contributed by atoms with Crippen LogP contribution in [0.15, 0.2) is 52.0 Å². The maximum absolute atomic E-state index is 12.6. The van der Waals surface area contributed by atoms with Crippen LogP contribution < -0.4 is 15.4 Å². The number of fused-ring (bicyclic) bond motifs is 1. The summed E-state index contributed by atoms with van der Waals surface area (Å²) in [5.74, 6) is 0.630. The number of nitrogens with one attached hydrogen (secondary N) is 3. The van der Waals surface area contributed by atoms with Gasteiger partial charge in [-0.1, -0.05) is 12.1 Å². The maximum atomic E-state index is 12.6. The zero-order chi connectivity index (χ0) is 18.9. The van der Waals surface area contributed by atoms with Crippen LogP contribution in [0.1, 0.15) is 18.6 Å². The van der Waals surface area contributed by atoms with E-state index in [1.54, 1.807) is 30.5 Å². The van der Waals surface area contributed by atoms with Gasteiger partial charge in [0.1, 0.15) is 16.3 Å². The van der Waals surface area contributed by atoms with Gasteiger partial charge in [-0.15, -0.1) is 0 Å². The topological polar surface area (TPSA) is 104 Å². The van der Waals surface area contributed by atoms with Crippen LogP contribution in [0.25, 0.3) is 0 Å². The number of furan rings is 1. The lowest BCUT2D eigenvalue weighted by atomic mass is 9.97. The molecule has 2 aromatic rings. The van der Waals surface area contributed by atoms with E-state index in [9.17, 15) is 13.2 Å². The number of benzene rings is 1. The summed E-state index contributed by atoms with van der Waals surface area (Å²) in [5, 5.41) is 6.18. The fourth-order valence-electron chi connectivity index (χ4n) is 3.58. The number of para-hydroxylation sites is 1. The number of hydrogen-bond donors (Lipinski definition) is 3. The summed E-state index contributed by atoms with van der Waals surface area (Å²) in [6.45, 7) is 1.87. The first kappa shape index (κ1) is 18.0. The molecule has 1 aromatic carbocycles. The van der Waals surface area contributed by atoms with Crippen molar-refractivity contribution in [3.63, 3.8) is 0 Å². The molecule has 9 heteroatoms. The van der Waals surface area contributed by atoms with Crippen molar-refractivity contribution in [3.05, 3.63) is 48.4 Å². The number of likely N-dealkylation sites (tertiary alicyclic amines) is 1. The summed E-state index contributed by atoms with van der Waals surface area (Å²) in [7, 11) is -3.55. The molecule has 0 unspecified atom stereocenters. The quantitative estimate of drug-likeness (QED) is 0.722. The molecule has 1 spiro atoms. The second-order valence-corrected chi connectivity index (χ2v) is 8.59. The number of carbonyl (C=O) groups excluding carboxylic acids is 1. The number of anilines is 1. The second kappa shape index (κ2) is 6.99. The molecule has 27 heavy (non-hydrogen) atoms. The summed E-state index contributed by atoms with van der Waals surface area (Å²) in [6, 6.07) is 10.5. The monoisotopic (exact) mass is 390 g/mol. The molecule has 4 rings (SSSR count). The van der Waals surface area contributed by atoms with E-state index in [0.717, 1.165) is 0 Å². The van der Waals surface area contributed by atoms with E-state index in [1.807, 2.05) is 17.0 Å². The first-order valence-electron chi connectivity index (χ1n) is 8.88. The van der Waals surface area contributed by atoms with Crippen molar-refractivity contribution < 1.29 is 17.6 Å². The molecule has 1 saturated heterocycles. The molecular weight excluding hydrogens is 368 g/mol. The van der Waals surface area contributed by atoms with E-state index in [2.05, 4.69) is 15.4 Å². The number of piperidine rings is 1. The lowest BCUT2D eigenvalue weighted by Gasteiger charge is -2.45. The summed E-state index contributed by atoms with van der Waals surface area (Å²) in [5.41, 5.74) is -0.0742. The predicted molar refractivity (Wildman–Crippen MR) is 99.3 cm³/mol. The standard InChI is InChI=1S/C18H22N4O4S/c23-17(19-12-14-4-3-11-26-14)13-22-9-7-18(8-10-22)20-15-5-1-2-6-16(15)27(24,25)21-18/h1-6,11,20-21H,7-10,12-13H2,(H,19,23). The average Bonchev–Trinajstić information content (AvgIpc) is 3.15. The molecule has 144 valence electrons. The van der Waals surface area contributed by atoms with Crippen molar-refractivity contribution in [2.75, 3.05) is 25.0 Å². The molecule has 3 N–H and O–H groups in total. The highest BCUT2D eigenvalue weighted by molar-refractivity contribution is 7.89. The van der Waals surface area contributed by atoms with E-state index in [-0.39, 0.29) is 17.3 Å². The fraction of sp³-hybridized carbons (Fsp3) is 0.389. The Morgan fingerprint density at radius 3 is 2.70 bits per heavy atom. The van der Waals surface area contributed by atoms with Crippen molar-refractivity contribution in [2.24, 2.45) is 0 Å². The van der Waals surface area contributed by atoms with Crippen LogP contribution in [0.3, 0.4) is 0 Å². The molecule has 2 aliphatic heterocycles. The van der Waals surface area contributed by atoms with Crippen LogP contribution in [0, 0.1) is 0 Å². The lowest BCUT2D eigenvalue weighted by Crippen LogP contribution is -2.62. The Morgan fingerprint density at radius 1 is 1.19 bits per heavy atom. The predicted octanol–water partition coefficient (Wildman–Crippen LogP) is 1.09. The second-order valence-electron chi connectivity index (χ2n) is 6.94. The summed E-state index contributed by atoms with van der Waals surface area (Å²) in [6.07, 6.45) is 2.72. The van der Waals surface area contributed by atoms with E-state index in [1.165, 1.54) is 0 Å². The minimum atomic E-state index is -3.55. The van der Waals surface area contributed by atoms with Crippen LogP contribution >= 0.6 is 0 Å². The van der Waals surface area contributed by atoms with Gasteiger partial charge in [0.2, 0.25) is 15.9 Å². The SMILES string of the molecule is O=C(CN1CCC2(CC1)Nc1ccccc1S(=O)(=O)N2)NCc1ccco1. The van der Waals surface area contributed by atoms with Crippen molar-refractivity contribution in [2.45, 2.75) is 29.9 Å². The number of sulfonamides is 1.